The molecule has 2 aliphatic carbocycles. The van der Waals surface area contributed by atoms with Crippen LogP contribution < -0.4 is 5.32 Å². The highest BCUT2D eigenvalue weighted by atomic mass is 19.1. The molecule has 1 saturated carbocycles. The fourth-order valence-corrected chi connectivity index (χ4v) is 4.20. The van der Waals surface area contributed by atoms with E-state index < -0.39 is 0 Å². The topological polar surface area (TPSA) is 38.3 Å². The molecule has 0 bridgehead atoms. The molecule has 0 aliphatic heterocycles. The predicted octanol–water partition coefficient (Wildman–Crippen LogP) is 4.39. The normalized spacial score (nSPS) is 22.4. The zero-order chi connectivity index (χ0) is 18.8. The lowest BCUT2D eigenvalue weighted by atomic mass is 9.91. The van der Waals surface area contributed by atoms with Crippen LogP contribution in [0.15, 0.2) is 48.5 Å². The quantitative estimate of drug-likeness (QED) is 0.752. The second-order valence-corrected chi connectivity index (χ2v) is 7.83. The lowest BCUT2D eigenvalue weighted by Gasteiger charge is -2.23. The van der Waals surface area contributed by atoms with E-state index in [1.54, 1.807) is 19.2 Å². The fraction of sp³-hybridized carbons (Fsp3) is 0.435. The van der Waals surface area contributed by atoms with Crippen molar-refractivity contribution in [1.82, 2.24) is 5.32 Å². The van der Waals surface area contributed by atoms with Crippen LogP contribution in [-0.4, -0.2) is 19.4 Å². The number of Topliss-reactive ketones (excluding diaryl/α,β-unsaturated/α-hetero) is 1. The molecule has 0 spiro atoms. The third-order valence-electron chi connectivity index (χ3n) is 5.82. The number of carbonyl (C=O) groups is 1. The molecule has 3 atom stereocenters. The van der Waals surface area contributed by atoms with E-state index >= 15 is 0 Å². The van der Waals surface area contributed by atoms with E-state index in [0.717, 1.165) is 18.5 Å². The van der Waals surface area contributed by atoms with Crippen LogP contribution in [0.5, 0.6) is 0 Å². The van der Waals surface area contributed by atoms with Gasteiger partial charge in [-0.1, -0.05) is 36.4 Å². The van der Waals surface area contributed by atoms with E-state index in [2.05, 4.69) is 17.4 Å². The summed E-state index contributed by atoms with van der Waals surface area (Å²) in [6, 6.07) is 14.2. The second-order valence-electron chi connectivity index (χ2n) is 7.83. The van der Waals surface area contributed by atoms with Gasteiger partial charge >= 0.3 is 0 Å². The van der Waals surface area contributed by atoms with E-state index in [9.17, 15) is 9.18 Å². The fourth-order valence-electron chi connectivity index (χ4n) is 4.20. The van der Waals surface area contributed by atoms with Crippen molar-refractivity contribution >= 4 is 5.78 Å². The molecule has 1 N–H and O–H groups in total. The molecule has 0 aromatic heterocycles. The van der Waals surface area contributed by atoms with E-state index in [0.29, 0.717) is 12.3 Å². The molecule has 0 heterocycles. The number of ether oxygens (including phenoxy) is 1. The van der Waals surface area contributed by atoms with Crippen LogP contribution >= 0.6 is 0 Å². The number of nitrogens with one attached hydrogen (secondary N) is 1. The van der Waals surface area contributed by atoms with Crippen molar-refractivity contribution in [2.75, 3.05) is 13.7 Å². The molecule has 4 heteroatoms. The van der Waals surface area contributed by atoms with Gasteiger partial charge in [0.15, 0.2) is 5.78 Å². The molecule has 0 radical (unpaired) electrons. The Morgan fingerprint density at radius 1 is 1.19 bits per heavy atom. The maximum absolute atomic E-state index is 13.3. The van der Waals surface area contributed by atoms with Crippen molar-refractivity contribution in [1.29, 1.82) is 0 Å². The third-order valence-corrected chi connectivity index (χ3v) is 5.82. The Labute approximate surface area is 159 Å². The number of benzene rings is 2. The van der Waals surface area contributed by atoms with Crippen molar-refractivity contribution < 1.29 is 13.9 Å². The maximum Gasteiger partial charge on any atom is 0.154 e. The Hall–Kier alpha value is -2.04. The number of carbonyl (C=O) groups excluding carboxylic acids is 1. The summed E-state index contributed by atoms with van der Waals surface area (Å²) < 4.78 is 19.1. The molecule has 0 amide bonds. The van der Waals surface area contributed by atoms with Gasteiger partial charge in [0.05, 0.1) is 12.1 Å². The van der Waals surface area contributed by atoms with Crippen LogP contribution in [0.1, 0.15) is 48.1 Å². The summed E-state index contributed by atoms with van der Waals surface area (Å²) in [4.78, 5) is 13.2. The summed E-state index contributed by atoms with van der Waals surface area (Å²) in [6.07, 6.45) is 3.72. The van der Waals surface area contributed by atoms with Crippen molar-refractivity contribution in [3.8, 4) is 0 Å². The molecule has 0 saturated heterocycles. The lowest BCUT2D eigenvalue weighted by molar-refractivity contribution is -0.123. The smallest absolute Gasteiger partial charge is 0.154 e. The summed E-state index contributed by atoms with van der Waals surface area (Å²) in [6.45, 7) is 0.840. The van der Waals surface area contributed by atoms with E-state index in [4.69, 9.17) is 4.74 Å². The van der Waals surface area contributed by atoms with Crippen LogP contribution in [-0.2, 0) is 16.0 Å². The summed E-state index contributed by atoms with van der Waals surface area (Å²) >= 11 is 0. The number of hydrogen-bond acceptors (Lipinski definition) is 3. The lowest BCUT2D eigenvalue weighted by Crippen LogP contribution is -2.32. The molecule has 2 unspecified atom stereocenters. The van der Waals surface area contributed by atoms with Crippen LogP contribution in [0.3, 0.4) is 0 Å². The van der Waals surface area contributed by atoms with Crippen LogP contribution in [0.4, 0.5) is 4.39 Å². The Balaban J connectivity index is 1.50. The summed E-state index contributed by atoms with van der Waals surface area (Å²) in [7, 11) is 1.72. The average molecular weight is 367 g/mol. The average Bonchev–Trinajstić information content (AvgIpc) is 3.43. The van der Waals surface area contributed by atoms with Gasteiger partial charge in [-0.05, 0) is 60.5 Å². The van der Waals surface area contributed by atoms with Gasteiger partial charge in [0.25, 0.3) is 0 Å². The van der Waals surface area contributed by atoms with Crippen molar-refractivity contribution in [2.24, 2.45) is 11.8 Å². The summed E-state index contributed by atoms with van der Waals surface area (Å²) in [5, 5.41) is 3.43. The minimum Gasteiger partial charge on any atom is -0.376 e. The van der Waals surface area contributed by atoms with Gasteiger partial charge in [-0.2, -0.15) is 0 Å². The van der Waals surface area contributed by atoms with E-state index in [1.165, 1.54) is 36.1 Å². The van der Waals surface area contributed by atoms with Gasteiger partial charge in [-0.25, -0.2) is 4.39 Å². The minimum absolute atomic E-state index is 0.0394. The SMILES string of the molecule is COC1c2ccccc2CC1CC(=O)[C@@H](NCC1CC1)c1ccc(F)cc1. The van der Waals surface area contributed by atoms with Crippen molar-refractivity contribution in [2.45, 2.75) is 37.8 Å². The standard InChI is InChI=1S/C23H26FNO2/c1-27-23-18(12-17-4-2-3-5-20(17)23)13-21(26)22(25-14-15-6-7-15)16-8-10-19(24)11-9-16/h2-5,8-11,15,18,22-23,25H,6-7,12-14H2,1H3/t18?,22-,23?/m0/s1. The highest BCUT2D eigenvalue weighted by Crippen LogP contribution is 2.41. The Kier molecular flexibility index (Phi) is 5.37. The van der Waals surface area contributed by atoms with Crippen LogP contribution in [0.2, 0.25) is 0 Å². The first-order valence-electron chi connectivity index (χ1n) is 9.78. The largest absolute Gasteiger partial charge is 0.376 e. The number of hydrogen-bond donors (Lipinski definition) is 1. The van der Waals surface area contributed by atoms with Gasteiger partial charge in [-0.15, -0.1) is 0 Å². The van der Waals surface area contributed by atoms with Gasteiger partial charge in [0, 0.05) is 19.4 Å². The third kappa shape index (κ3) is 4.12. The molecule has 1 fully saturated rings. The Morgan fingerprint density at radius 2 is 1.93 bits per heavy atom. The van der Waals surface area contributed by atoms with Gasteiger partial charge in [0.1, 0.15) is 5.82 Å². The molecule has 2 aromatic carbocycles. The molecule has 27 heavy (non-hydrogen) atoms. The first-order valence-corrected chi connectivity index (χ1v) is 9.78. The number of ketones is 1. The minimum atomic E-state index is -0.382. The van der Waals surface area contributed by atoms with Crippen molar-refractivity contribution in [3.05, 3.63) is 71.0 Å². The monoisotopic (exact) mass is 367 g/mol. The Bertz CT molecular complexity index is 800. The molecule has 142 valence electrons. The highest BCUT2D eigenvalue weighted by molar-refractivity contribution is 5.85. The molecule has 4 rings (SSSR count). The molecule has 3 nitrogen and oxygen atoms in total. The zero-order valence-corrected chi connectivity index (χ0v) is 15.7. The Morgan fingerprint density at radius 3 is 2.63 bits per heavy atom. The van der Waals surface area contributed by atoms with E-state index in [1.807, 2.05) is 12.1 Å². The highest BCUT2D eigenvalue weighted by Gasteiger charge is 2.35. The van der Waals surface area contributed by atoms with Crippen LogP contribution in [0.25, 0.3) is 0 Å². The molecule has 2 aromatic rings. The number of fused-ring (bicyclic) bond motifs is 1. The van der Waals surface area contributed by atoms with Crippen LogP contribution in [0, 0.1) is 17.7 Å². The van der Waals surface area contributed by atoms with Crippen molar-refractivity contribution in [3.63, 3.8) is 0 Å². The molecular weight excluding hydrogens is 341 g/mol. The first kappa shape index (κ1) is 18.3. The predicted molar refractivity (Wildman–Crippen MR) is 103 cm³/mol. The number of halogens is 1. The van der Waals surface area contributed by atoms with E-state index in [-0.39, 0.29) is 29.7 Å². The number of methoxy groups -OCH3 is 1. The van der Waals surface area contributed by atoms with Gasteiger partial charge in [0.2, 0.25) is 0 Å². The maximum atomic E-state index is 13.3. The summed E-state index contributed by atoms with van der Waals surface area (Å²) in [5.74, 6) is 0.689. The molecular formula is C23H26FNO2. The second kappa shape index (κ2) is 7.91. The molecule has 2 aliphatic rings. The number of rotatable bonds is 8. The first-order chi connectivity index (χ1) is 13.2. The van der Waals surface area contributed by atoms with Gasteiger partial charge < -0.3 is 10.1 Å². The summed E-state index contributed by atoms with van der Waals surface area (Å²) in [5.41, 5.74) is 3.31. The zero-order valence-electron chi connectivity index (χ0n) is 15.7. The van der Waals surface area contributed by atoms with Gasteiger partial charge in [-0.3, -0.25) is 4.79 Å².